The molecule has 0 aromatic rings. The molecular formula is C15H25NO7. The summed E-state index contributed by atoms with van der Waals surface area (Å²) in [6, 6.07) is -0.619. The number of Topliss-reactive ketones (excluding diaryl/α,β-unsaturated/α-hetero) is 1. The van der Waals surface area contributed by atoms with Gasteiger partial charge in [-0.25, -0.2) is 4.79 Å². The molecule has 0 aromatic heterocycles. The first-order valence-electron chi connectivity index (χ1n) is 7.25. The van der Waals surface area contributed by atoms with Crippen molar-refractivity contribution in [3.05, 3.63) is 0 Å². The van der Waals surface area contributed by atoms with E-state index >= 15 is 0 Å². The van der Waals surface area contributed by atoms with Gasteiger partial charge in [0, 0.05) is 25.8 Å². The molecule has 0 rings (SSSR count). The number of alkyl carbamates (subject to hydrolysis) is 1. The number of ketones is 1. The first-order valence-corrected chi connectivity index (χ1v) is 7.25. The predicted octanol–water partition coefficient (Wildman–Crippen LogP) is 1.36. The topological polar surface area (TPSA) is 108 Å². The molecule has 0 fully saturated rings. The molecule has 0 aromatic carbocycles. The Morgan fingerprint density at radius 1 is 1.13 bits per heavy atom. The molecule has 0 unspecified atom stereocenters. The quantitative estimate of drug-likeness (QED) is 0.528. The molecule has 0 saturated carbocycles. The Hall–Kier alpha value is -2.12. The highest BCUT2D eigenvalue weighted by Crippen LogP contribution is 2.10. The number of hydrogen-bond donors (Lipinski definition) is 1. The number of amides is 1. The zero-order valence-electron chi connectivity index (χ0n) is 14.3. The number of carbonyl (C=O) groups is 4. The molecule has 132 valence electrons. The monoisotopic (exact) mass is 331 g/mol. The van der Waals surface area contributed by atoms with Crippen LogP contribution in [0.1, 0.15) is 47.0 Å². The average molecular weight is 331 g/mol. The standard InChI is InChI=1S/C15H25NO7/c1-10(17)22-9-12(18)8-11(6-7-13(19)21-5)16-14(20)23-15(2,3)4/h11H,6-9H2,1-5H3,(H,16,20)/t11-/m1/s1. The Balaban J connectivity index is 4.60. The van der Waals surface area contributed by atoms with Crippen LogP contribution < -0.4 is 5.32 Å². The molecule has 0 aliphatic carbocycles. The Bertz CT molecular complexity index is 440. The van der Waals surface area contributed by atoms with Crippen LogP contribution in [0.25, 0.3) is 0 Å². The smallest absolute Gasteiger partial charge is 0.407 e. The lowest BCUT2D eigenvalue weighted by Crippen LogP contribution is -2.41. The lowest BCUT2D eigenvalue weighted by Gasteiger charge is -2.23. The van der Waals surface area contributed by atoms with Crippen LogP contribution in [0, 0.1) is 0 Å². The molecule has 0 radical (unpaired) electrons. The summed E-state index contributed by atoms with van der Waals surface area (Å²) in [7, 11) is 1.25. The zero-order chi connectivity index (χ0) is 18.0. The molecule has 8 nitrogen and oxygen atoms in total. The molecule has 0 saturated heterocycles. The number of rotatable bonds is 8. The summed E-state index contributed by atoms with van der Waals surface area (Å²) in [4.78, 5) is 45.4. The van der Waals surface area contributed by atoms with E-state index in [9.17, 15) is 19.2 Å². The highest BCUT2D eigenvalue weighted by Gasteiger charge is 2.22. The van der Waals surface area contributed by atoms with Crippen LogP contribution in [0.2, 0.25) is 0 Å². The summed E-state index contributed by atoms with van der Waals surface area (Å²) in [6.45, 7) is 5.95. The minimum Gasteiger partial charge on any atom is -0.469 e. The van der Waals surface area contributed by atoms with Crippen molar-refractivity contribution >= 4 is 23.8 Å². The van der Waals surface area contributed by atoms with Crippen LogP contribution in [-0.4, -0.2) is 49.2 Å². The third-order valence-electron chi connectivity index (χ3n) is 2.56. The van der Waals surface area contributed by atoms with E-state index in [2.05, 4.69) is 14.8 Å². The zero-order valence-corrected chi connectivity index (χ0v) is 14.3. The van der Waals surface area contributed by atoms with Gasteiger partial charge >= 0.3 is 18.0 Å². The SMILES string of the molecule is COC(=O)CC[C@H](CC(=O)COC(C)=O)NC(=O)OC(C)(C)C. The molecule has 0 heterocycles. The van der Waals surface area contributed by atoms with Crippen LogP contribution >= 0.6 is 0 Å². The van der Waals surface area contributed by atoms with E-state index in [1.54, 1.807) is 20.8 Å². The third-order valence-corrected chi connectivity index (χ3v) is 2.56. The van der Waals surface area contributed by atoms with Crippen molar-refractivity contribution in [1.29, 1.82) is 0 Å². The fourth-order valence-electron chi connectivity index (χ4n) is 1.61. The summed E-state index contributed by atoms with van der Waals surface area (Å²) >= 11 is 0. The molecule has 23 heavy (non-hydrogen) atoms. The first kappa shape index (κ1) is 20.9. The van der Waals surface area contributed by atoms with Crippen LogP contribution in [0.3, 0.4) is 0 Å². The Morgan fingerprint density at radius 2 is 1.74 bits per heavy atom. The van der Waals surface area contributed by atoms with E-state index in [0.29, 0.717) is 0 Å². The Labute approximate surface area is 135 Å². The van der Waals surface area contributed by atoms with Gasteiger partial charge in [0.05, 0.1) is 7.11 Å². The Morgan fingerprint density at radius 3 is 2.22 bits per heavy atom. The van der Waals surface area contributed by atoms with Gasteiger partial charge in [-0.2, -0.15) is 0 Å². The second kappa shape index (κ2) is 9.81. The van der Waals surface area contributed by atoms with Crippen LogP contribution in [0.4, 0.5) is 4.79 Å². The normalized spacial score (nSPS) is 12.0. The number of ether oxygens (including phenoxy) is 3. The first-order chi connectivity index (χ1) is 10.5. The van der Waals surface area contributed by atoms with Gasteiger partial charge in [-0.3, -0.25) is 14.4 Å². The summed E-state index contributed by atoms with van der Waals surface area (Å²) in [6.07, 6.45) is -0.522. The van der Waals surface area contributed by atoms with Crippen LogP contribution in [0.5, 0.6) is 0 Å². The Kier molecular flexibility index (Phi) is 8.90. The molecule has 1 N–H and O–H groups in total. The highest BCUT2D eigenvalue weighted by atomic mass is 16.6. The van der Waals surface area contributed by atoms with Crippen LogP contribution in [-0.2, 0) is 28.6 Å². The fraction of sp³-hybridized carbons (Fsp3) is 0.733. The van der Waals surface area contributed by atoms with E-state index in [0.717, 1.165) is 0 Å². The summed E-state index contributed by atoms with van der Waals surface area (Å²) < 4.78 is 14.3. The van der Waals surface area contributed by atoms with Crippen molar-refractivity contribution in [3.63, 3.8) is 0 Å². The summed E-state index contributed by atoms with van der Waals surface area (Å²) in [5, 5.41) is 2.54. The molecule has 0 spiro atoms. The van der Waals surface area contributed by atoms with Crippen molar-refractivity contribution in [2.24, 2.45) is 0 Å². The maximum Gasteiger partial charge on any atom is 0.407 e. The lowest BCUT2D eigenvalue weighted by atomic mass is 10.1. The van der Waals surface area contributed by atoms with Gasteiger partial charge in [-0.1, -0.05) is 0 Å². The minimum absolute atomic E-state index is 0.0395. The molecular weight excluding hydrogens is 306 g/mol. The van der Waals surface area contributed by atoms with Gasteiger partial charge in [0.25, 0.3) is 0 Å². The second-order valence-electron chi connectivity index (χ2n) is 5.98. The maximum absolute atomic E-state index is 11.8. The molecule has 1 atom stereocenters. The number of esters is 2. The van der Waals surface area contributed by atoms with Gasteiger partial charge < -0.3 is 19.5 Å². The number of carbonyl (C=O) groups excluding carboxylic acids is 4. The predicted molar refractivity (Wildman–Crippen MR) is 80.7 cm³/mol. The lowest BCUT2D eigenvalue weighted by molar-refractivity contribution is -0.145. The fourth-order valence-corrected chi connectivity index (χ4v) is 1.61. The van der Waals surface area contributed by atoms with E-state index in [-0.39, 0.29) is 31.7 Å². The number of methoxy groups -OCH3 is 1. The second-order valence-corrected chi connectivity index (χ2v) is 5.98. The summed E-state index contributed by atoms with van der Waals surface area (Å²) in [5.74, 6) is -1.39. The van der Waals surface area contributed by atoms with E-state index in [1.807, 2.05) is 0 Å². The van der Waals surface area contributed by atoms with E-state index < -0.39 is 29.7 Å². The average Bonchev–Trinajstić information content (AvgIpc) is 2.39. The minimum atomic E-state index is -0.687. The molecule has 1 amide bonds. The molecule has 0 aliphatic heterocycles. The van der Waals surface area contributed by atoms with Gasteiger partial charge in [-0.15, -0.1) is 0 Å². The van der Waals surface area contributed by atoms with E-state index in [1.165, 1.54) is 14.0 Å². The van der Waals surface area contributed by atoms with Crippen molar-refractivity contribution in [2.45, 2.75) is 58.6 Å². The van der Waals surface area contributed by atoms with Crippen molar-refractivity contribution < 1.29 is 33.4 Å². The van der Waals surface area contributed by atoms with Gasteiger partial charge in [0.1, 0.15) is 12.2 Å². The highest BCUT2D eigenvalue weighted by molar-refractivity contribution is 5.83. The third kappa shape index (κ3) is 12.1. The summed E-state index contributed by atoms with van der Waals surface area (Å²) in [5.41, 5.74) is -0.682. The van der Waals surface area contributed by atoms with Gasteiger partial charge in [-0.05, 0) is 27.2 Å². The van der Waals surface area contributed by atoms with Gasteiger partial charge in [0.15, 0.2) is 5.78 Å². The molecule has 0 bridgehead atoms. The van der Waals surface area contributed by atoms with E-state index in [4.69, 9.17) is 4.74 Å². The van der Waals surface area contributed by atoms with Crippen molar-refractivity contribution in [1.82, 2.24) is 5.32 Å². The van der Waals surface area contributed by atoms with Crippen molar-refractivity contribution in [2.75, 3.05) is 13.7 Å². The molecule has 8 heteroatoms. The van der Waals surface area contributed by atoms with Crippen LogP contribution in [0.15, 0.2) is 0 Å². The largest absolute Gasteiger partial charge is 0.469 e. The maximum atomic E-state index is 11.8. The van der Waals surface area contributed by atoms with Crippen molar-refractivity contribution in [3.8, 4) is 0 Å². The van der Waals surface area contributed by atoms with Gasteiger partial charge in [0.2, 0.25) is 0 Å². The molecule has 0 aliphatic rings. The number of hydrogen-bond acceptors (Lipinski definition) is 7. The number of nitrogens with one attached hydrogen (secondary N) is 1.